The molecule has 0 radical (unpaired) electrons. The van der Waals surface area contributed by atoms with Crippen molar-refractivity contribution in [1.82, 2.24) is 9.97 Å². The monoisotopic (exact) mass is 406 g/mol. The van der Waals surface area contributed by atoms with E-state index in [1.807, 2.05) is 9.80 Å². The van der Waals surface area contributed by atoms with Crippen LogP contribution in [0.4, 0.5) is 27.4 Å². The second kappa shape index (κ2) is 9.43. The van der Waals surface area contributed by atoms with Gasteiger partial charge in [0, 0.05) is 40.4 Å². The summed E-state index contributed by atoms with van der Waals surface area (Å²) in [5.74, 6) is 0.0361. The number of hydrogen-bond donors (Lipinski definition) is 1. The molecule has 1 aliphatic rings. The molecule has 11 heteroatoms. The Morgan fingerprint density at radius 3 is 2.45 bits per heavy atom. The van der Waals surface area contributed by atoms with Gasteiger partial charge in [-0.25, -0.2) is 14.4 Å². The number of benzene rings is 1. The third-order valence-corrected chi connectivity index (χ3v) is 4.72. The number of nitrogens with zero attached hydrogens (tertiary/aromatic N) is 5. The molecule has 0 amide bonds. The summed E-state index contributed by atoms with van der Waals surface area (Å²) in [4.78, 5) is 23.1. The molecule has 1 aromatic carbocycles. The average molecular weight is 406 g/mol. The molecular weight excluding hydrogens is 383 g/mol. The highest BCUT2D eigenvalue weighted by atomic mass is 19.1. The van der Waals surface area contributed by atoms with Gasteiger partial charge in [-0.05, 0) is 12.1 Å². The molecule has 0 bridgehead atoms. The fourth-order valence-corrected chi connectivity index (χ4v) is 3.21. The number of ether oxygens (including phenoxy) is 2. The highest BCUT2D eigenvalue weighted by molar-refractivity contribution is 5.70. The molecule has 0 spiro atoms. The highest BCUT2D eigenvalue weighted by Crippen LogP contribution is 2.33. The summed E-state index contributed by atoms with van der Waals surface area (Å²) in [5.41, 5.74) is 0.315. The summed E-state index contributed by atoms with van der Waals surface area (Å²) >= 11 is 0. The van der Waals surface area contributed by atoms with Crippen LogP contribution in [-0.4, -0.2) is 68.1 Å². The third-order valence-electron chi connectivity index (χ3n) is 4.72. The number of hydrogen-bond acceptors (Lipinski definition) is 9. The molecular formula is C18H23FN6O4. The summed E-state index contributed by atoms with van der Waals surface area (Å²) in [7, 11) is 2.95. The SMILES string of the molecule is COC(CNc1ncnc(N2CCN(c3ccccc3F)CC2)c1[N+](=O)[O-])OC. The Morgan fingerprint density at radius 1 is 1.17 bits per heavy atom. The van der Waals surface area contributed by atoms with E-state index in [1.54, 1.807) is 18.2 Å². The smallest absolute Gasteiger partial charge is 0.353 e. The molecule has 1 N–H and O–H groups in total. The largest absolute Gasteiger partial charge is 0.366 e. The van der Waals surface area contributed by atoms with E-state index in [-0.39, 0.29) is 29.7 Å². The maximum Gasteiger partial charge on any atom is 0.353 e. The van der Waals surface area contributed by atoms with Gasteiger partial charge in [0.25, 0.3) is 0 Å². The third kappa shape index (κ3) is 4.69. The zero-order chi connectivity index (χ0) is 20.8. The molecule has 2 aromatic rings. The van der Waals surface area contributed by atoms with Gasteiger partial charge in [0.2, 0.25) is 11.6 Å². The lowest BCUT2D eigenvalue weighted by Crippen LogP contribution is -2.47. The highest BCUT2D eigenvalue weighted by Gasteiger charge is 2.30. The fourth-order valence-electron chi connectivity index (χ4n) is 3.21. The lowest BCUT2D eigenvalue weighted by Gasteiger charge is -2.36. The number of nitro groups is 1. The van der Waals surface area contributed by atoms with Gasteiger partial charge in [0.1, 0.15) is 12.1 Å². The molecule has 1 saturated heterocycles. The average Bonchev–Trinajstić information content (AvgIpc) is 2.74. The second-order valence-corrected chi connectivity index (χ2v) is 6.36. The van der Waals surface area contributed by atoms with Crippen LogP contribution in [0.3, 0.4) is 0 Å². The van der Waals surface area contributed by atoms with Crippen molar-refractivity contribution in [3.8, 4) is 0 Å². The van der Waals surface area contributed by atoms with E-state index in [0.717, 1.165) is 0 Å². The van der Waals surface area contributed by atoms with Gasteiger partial charge in [0.05, 0.1) is 17.2 Å². The van der Waals surface area contributed by atoms with Crippen molar-refractivity contribution in [3.05, 3.63) is 46.5 Å². The predicted octanol–water partition coefficient (Wildman–Crippen LogP) is 1.88. The topological polar surface area (TPSA) is 106 Å². The minimum Gasteiger partial charge on any atom is -0.366 e. The minimum absolute atomic E-state index is 0.0932. The summed E-state index contributed by atoms with van der Waals surface area (Å²) < 4.78 is 24.2. The van der Waals surface area contributed by atoms with E-state index in [0.29, 0.717) is 31.9 Å². The van der Waals surface area contributed by atoms with E-state index in [1.165, 1.54) is 26.6 Å². The predicted molar refractivity (Wildman–Crippen MR) is 106 cm³/mol. The number of methoxy groups -OCH3 is 2. The summed E-state index contributed by atoms with van der Waals surface area (Å²) in [6.45, 7) is 2.14. The van der Waals surface area contributed by atoms with E-state index < -0.39 is 11.2 Å². The van der Waals surface area contributed by atoms with E-state index >= 15 is 0 Å². The van der Waals surface area contributed by atoms with Crippen molar-refractivity contribution in [2.45, 2.75) is 6.29 Å². The Bertz CT molecular complexity index is 843. The molecule has 0 atom stereocenters. The number of anilines is 3. The Hall–Kier alpha value is -3.05. The van der Waals surface area contributed by atoms with E-state index in [4.69, 9.17) is 9.47 Å². The van der Waals surface area contributed by atoms with Crippen LogP contribution in [-0.2, 0) is 9.47 Å². The lowest BCUT2D eigenvalue weighted by atomic mass is 10.2. The van der Waals surface area contributed by atoms with Crippen LogP contribution < -0.4 is 15.1 Å². The van der Waals surface area contributed by atoms with Crippen molar-refractivity contribution in [2.24, 2.45) is 0 Å². The molecule has 2 heterocycles. The van der Waals surface area contributed by atoms with Crippen LogP contribution in [0, 0.1) is 15.9 Å². The zero-order valence-electron chi connectivity index (χ0n) is 16.2. The number of rotatable bonds is 8. The zero-order valence-corrected chi connectivity index (χ0v) is 16.2. The standard InChI is InChI=1S/C18H23FN6O4/c1-28-15(29-2)11-20-17-16(25(26)27)18(22-12-21-17)24-9-7-23(8-10-24)14-6-4-3-5-13(14)19/h3-6,12,15H,7-11H2,1-2H3,(H,20,21,22). The van der Waals surface area contributed by atoms with Crippen molar-refractivity contribution in [2.75, 3.05) is 62.1 Å². The Morgan fingerprint density at radius 2 is 1.83 bits per heavy atom. The molecule has 10 nitrogen and oxygen atoms in total. The minimum atomic E-state index is -0.572. The van der Waals surface area contributed by atoms with Gasteiger partial charge in [-0.15, -0.1) is 0 Å². The molecule has 0 unspecified atom stereocenters. The lowest BCUT2D eigenvalue weighted by molar-refractivity contribution is -0.383. The van der Waals surface area contributed by atoms with Crippen LogP contribution in [0.5, 0.6) is 0 Å². The molecule has 156 valence electrons. The van der Waals surface area contributed by atoms with Crippen molar-refractivity contribution in [1.29, 1.82) is 0 Å². The summed E-state index contributed by atoms with van der Waals surface area (Å²) in [6.07, 6.45) is 0.708. The molecule has 0 aliphatic carbocycles. The Labute approximate surface area is 167 Å². The van der Waals surface area contributed by atoms with Gasteiger partial charge >= 0.3 is 5.69 Å². The van der Waals surface area contributed by atoms with Crippen LogP contribution in [0.25, 0.3) is 0 Å². The number of piperazine rings is 1. The van der Waals surface area contributed by atoms with Gasteiger partial charge in [-0.3, -0.25) is 10.1 Å². The van der Waals surface area contributed by atoms with Crippen molar-refractivity contribution in [3.63, 3.8) is 0 Å². The van der Waals surface area contributed by atoms with Gasteiger partial charge < -0.3 is 24.6 Å². The number of nitrogens with one attached hydrogen (secondary N) is 1. The maximum atomic E-state index is 14.0. The number of para-hydroxylation sites is 1. The molecule has 29 heavy (non-hydrogen) atoms. The first-order valence-electron chi connectivity index (χ1n) is 9.08. The van der Waals surface area contributed by atoms with Crippen molar-refractivity contribution < 1.29 is 18.8 Å². The molecule has 1 fully saturated rings. The Kier molecular flexibility index (Phi) is 6.73. The number of aromatic nitrogens is 2. The molecule has 1 aromatic heterocycles. The summed E-state index contributed by atoms with van der Waals surface area (Å²) in [5, 5.41) is 14.6. The van der Waals surface area contributed by atoms with Crippen molar-refractivity contribution >= 4 is 23.0 Å². The first-order chi connectivity index (χ1) is 14.0. The van der Waals surface area contributed by atoms with E-state index in [9.17, 15) is 14.5 Å². The maximum absolute atomic E-state index is 14.0. The van der Waals surface area contributed by atoms with Gasteiger partial charge in [0.15, 0.2) is 6.29 Å². The Balaban J connectivity index is 1.76. The van der Waals surface area contributed by atoms with Gasteiger partial charge in [-0.2, -0.15) is 0 Å². The van der Waals surface area contributed by atoms with Crippen LogP contribution in [0.1, 0.15) is 0 Å². The molecule has 3 rings (SSSR count). The molecule has 0 saturated carbocycles. The normalized spacial score (nSPS) is 14.3. The van der Waals surface area contributed by atoms with Crippen LogP contribution in [0.2, 0.25) is 0 Å². The van der Waals surface area contributed by atoms with Crippen LogP contribution in [0.15, 0.2) is 30.6 Å². The van der Waals surface area contributed by atoms with Crippen LogP contribution >= 0.6 is 0 Å². The quantitative estimate of drug-likeness (QED) is 0.399. The van der Waals surface area contributed by atoms with E-state index in [2.05, 4.69) is 15.3 Å². The second-order valence-electron chi connectivity index (χ2n) is 6.36. The van der Waals surface area contributed by atoms with Gasteiger partial charge in [-0.1, -0.05) is 12.1 Å². The fraction of sp³-hybridized carbons (Fsp3) is 0.444. The molecule has 1 aliphatic heterocycles. The first-order valence-corrected chi connectivity index (χ1v) is 9.08. The first kappa shape index (κ1) is 20.7. The summed E-state index contributed by atoms with van der Waals surface area (Å²) in [6, 6.07) is 6.57. The number of halogens is 1.